The minimum absolute atomic E-state index is 0.140. The molecule has 12 heteroatoms. The van der Waals surface area contributed by atoms with Crippen LogP contribution in [0.1, 0.15) is 76.0 Å². The molecule has 2 bridgehead atoms. The molecule has 42 heavy (non-hydrogen) atoms. The molecule has 2 saturated heterocycles. The number of carbonyl (C=O) groups is 1. The zero-order valence-electron chi connectivity index (χ0n) is 25.1. The topological polar surface area (TPSA) is 109 Å². The molecule has 1 aliphatic carbocycles. The fourth-order valence-corrected chi connectivity index (χ4v) is 8.04. The van der Waals surface area contributed by atoms with Crippen LogP contribution in [0.15, 0.2) is 41.3 Å². The fourth-order valence-electron chi connectivity index (χ4n) is 6.26. The Morgan fingerprint density at radius 3 is 2.52 bits per heavy atom. The van der Waals surface area contributed by atoms with E-state index in [1.165, 1.54) is 4.57 Å². The van der Waals surface area contributed by atoms with Gasteiger partial charge in [0.2, 0.25) is 6.54 Å². The van der Waals surface area contributed by atoms with Gasteiger partial charge in [-0.05, 0) is 66.0 Å². The second-order valence-electron chi connectivity index (χ2n) is 11.7. The van der Waals surface area contributed by atoms with Crippen LogP contribution in [0, 0.1) is 13.5 Å². The molecule has 1 saturated carbocycles. The maximum atomic E-state index is 13.4. The van der Waals surface area contributed by atoms with Crippen LogP contribution in [0.5, 0.6) is 0 Å². The quantitative estimate of drug-likeness (QED) is 0.205. The summed E-state index contributed by atoms with van der Waals surface area (Å²) < 4.78 is 30.2. The summed E-state index contributed by atoms with van der Waals surface area (Å²) >= 11 is 0. The summed E-state index contributed by atoms with van der Waals surface area (Å²) in [5.41, 5.74) is -0.689. The van der Waals surface area contributed by atoms with Gasteiger partial charge in [-0.3, -0.25) is 9.36 Å². The maximum Gasteiger partial charge on any atom is 0.351 e. The Morgan fingerprint density at radius 1 is 1.24 bits per heavy atom. The fraction of sp³-hybridized carbons (Fsp3) is 0.600. The summed E-state index contributed by atoms with van der Waals surface area (Å²) in [5.74, 6) is -0.143. The van der Waals surface area contributed by atoms with E-state index in [4.69, 9.17) is 25.1 Å². The molecular weight excluding hydrogens is 557 g/mol. The predicted molar refractivity (Wildman–Crippen MR) is 159 cm³/mol. The number of hydrogen-bond acceptors (Lipinski definition) is 8. The molecule has 1 aromatic carbocycles. The smallest absolute Gasteiger partial charge is 0.351 e. The molecule has 226 valence electrons. The molecule has 5 rings (SSSR count). The van der Waals surface area contributed by atoms with Gasteiger partial charge in [0, 0.05) is 29.4 Å². The predicted octanol–water partition coefficient (Wildman–Crippen LogP) is 5.08. The van der Waals surface area contributed by atoms with Crippen molar-refractivity contribution < 1.29 is 23.3 Å². The average Bonchev–Trinajstić information content (AvgIpc) is 3.61. The van der Waals surface area contributed by atoms with Gasteiger partial charge in [-0.15, -0.1) is 0 Å². The third-order valence-electron chi connectivity index (χ3n) is 8.26. The van der Waals surface area contributed by atoms with Crippen LogP contribution in [-0.4, -0.2) is 68.8 Å². The molecule has 2 aliphatic heterocycles. The lowest BCUT2D eigenvalue weighted by atomic mass is 9.88. The Bertz CT molecular complexity index is 1380. The minimum Gasteiger partial charge on any atom is -0.361 e. The van der Waals surface area contributed by atoms with Gasteiger partial charge < -0.3 is 28.7 Å². The molecule has 3 fully saturated rings. The molecule has 2 aromatic rings. The normalized spacial score (nSPS) is 26.2. The van der Waals surface area contributed by atoms with Crippen LogP contribution in [-0.2, 0) is 18.5 Å². The molecule has 1 spiro atoms. The molecule has 3 heterocycles. The van der Waals surface area contributed by atoms with Gasteiger partial charge in [-0.2, -0.15) is 4.98 Å². The van der Waals surface area contributed by atoms with Crippen LogP contribution in [0.2, 0.25) is 0 Å². The highest BCUT2D eigenvalue weighted by Crippen LogP contribution is 2.68. The summed E-state index contributed by atoms with van der Waals surface area (Å²) in [4.78, 5) is 33.8. The molecule has 1 amide bonds. The molecule has 3 aliphatic rings. The monoisotopic (exact) mass is 597 g/mol. The standard InChI is InChI=1S/C30H40N5O6P/c1-8-30-24(41-42(38-17-16-31-7)35(19(2)3)20(4)5)23(39-29(30)14-15-29)27(40-30)34-18-21(6)25(33-28(34)37)32-26(36)22-12-10-9-11-13-22/h9-13,18-20,23-24,27H,8,14-17H2,1-6H3,(H,32,33,36,37)/t23?,24-,27-,30-,42?/m1/s1. The number of rotatable bonds is 12. The van der Waals surface area contributed by atoms with Crippen LogP contribution >= 0.6 is 8.53 Å². The molecule has 5 atom stereocenters. The van der Waals surface area contributed by atoms with Crippen molar-refractivity contribution in [1.82, 2.24) is 14.2 Å². The largest absolute Gasteiger partial charge is 0.361 e. The summed E-state index contributed by atoms with van der Waals surface area (Å²) in [6.07, 6.45) is 2.19. The SMILES string of the molecule is [C-]#[N+]CCOP(O[C@@H]1C2OC3(CC3)[C@]1(CC)O[C@H]2n1cc(C)c(NC(=O)c2ccccc2)nc1=O)N(C(C)C)C(C)C. The zero-order chi connectivity index (χ0) is 30.2. The first kappa shape index (κ1) is 30.7. The van der Waals surface area contributed by atoms with Gasteiger partial charge in [0.05, 0.1) is 0 Å². The highest BCUT2D eigenvalue weighted by Gasteiger charge is 2.78. The van der Waals surface area contributed by atoms with Crippen LogP contribution in [0.4, 0.5) is 5.82 Å². The number of benzene rings is 1. The second-order valence-corrected chi connectivity index (χ2v) is 13.1. The number of aryl methyl sites for hydroxylation is 1. The number of fused-ring (bicyclic) bond motifs is 3. The Balaban J connectivity index is 1.44. The van der Waals surface area contributed by atoms with E-state index in [1.54, 1.807) is 37.4 Å². The molecule has 1 aromatic heterocycles. The van der Waals surface area contributed by atoms with Crippen molar-refractivity contribution in [3.05, 3.63) is 69.6 Å². The number of hydrogen-bond donors (Lipinski definition) is 1. The molecular formula is C30H40N5O6P. The van der Waals surface area contributed by atoms with Crippen molar-refractivity contribution in [2.75, 3.05) is 18.5 Å². The Hall–Kier alpha value is -2.71. The van der Waals surface area contributed by atoms with Gasteiger partial charge in [-0.1, -0.05) is 25.1 Å². The van der Waals surface area contributed by atoms with E-state index in [9.17, 15) is 9.59 Å². The molecule has 11 nitrogen and oxygen atoms in total. The third kappa shape index (κ3) is 5.41. The van der Waals surface area contributed by atoms with Crippen molar-refractivity contribution in [1.29, 1.82) is 0 Å². The Kier molecular flexibility index (Phi) is 8.87. The van der Waals surface area contributed by atoms with Crippen molar-refractivity contribution >= 4 is 20.3 Å². The number of amides is 1. The van der Waals surface area contributed by atoms with E-state index in [-0.39, 0.29) is 37.0 Å². The minimum atomic E-state index is -1.55. The maximum absolute atomic E-state index is 13.4. The Labute approximate surface area is 248 Å². The Morgan fingerprint density at radius 2 is 1.93 bits per heavy atom. The molecule has 2 unspecified atom stereocenters. The van der Waals surface area contributed by atoms with Crippen molar-refractivity contribution in [3.8, 4) is 0 Å². The highest BCUT2D eigenvalue weighted by molar-refractivity contribution is 7.44. The lowest BCUT2D eigenvalue weighted by molar-refractivity contribution is -0.225. The molecule has 0 radical (unpaired) electrons. The van der Waals surface area contributed by atoms with Crippen molar-refractivity contribution in [2.45, 2.75) is 103 Å². The van der Waals surface area contributed by atoms with Crippen LogP contribution < -0.4 is 11.0 Å². The second kappa shape index (κ2) is 12.1. The van der Waals surface area contributed by atoms with Gasteiger partial charge in [-0.25, -0.2) is 16.0 Å². The van der Waals surface area contributed by atoms with E-state index in [0.29, 0.717) is 17.5 Å². The summed E-state index contributed by atoms with van der Waals surface area (Å²) in [6.45, 7) is 19.9. The van der Waals surface area contributed by atoms with E-state index >= 15 is 0 Å². The first-order valence-electron chi connectivity index (χ1n) is 14.6. The van der Waals surface area contributed by atoms with E-state index in [2.05, 4.69) is 54.4 Å². The van der Waals surface area contributed by atoms with Gasteiger partial charge in [0.1, 0.15) is 35.8 Å². The van der Waals surface area contributed by atoms with Gasteiger partial charge in [0.15, 0.2) is 6.23 Å². The number of aromatic nitrogens is 2. The third-order valence-corrected chi connectivity index (χ3v) is 10.4. The summed E-state index contributed by atoms with van der Waals surface area (Å²) in [7, 11) is -1.55. The number of nitrogens with one attached hydrogen (secondary N) is 1. The van der Waals surface area contributed by atoms with Gasteiger partial charge in [0.25, 0.3) is 14.4 Å². The number of ether oxygens (including phenoxy) is 2. The van der Waals surface area contributed by atoms with E-state index in [0.717, 1.165) is 12.8 Å². The first-order valence-corrected chi connectivity index (χ1v) is 15.7. The summed E-state index contributed by atoms with van der Waals surface area (Å²) in [6, 6.07) is 9.06. The van der Waals surface area contributed by atoms with Crippen LogP contribution in [0.3, 0.4) is 0 Å². The zero-order valence-corrected chi connectivity index (χ0v) is 26.0. The lowest BCUT2D eigenvalue weighted by Gasteiger charge is -2.40. The van der Waals surface area contributed by atoms with E-state index in [1.807, 2.05) is 6.07 Å². The van der Waals surface area contributed by atoms with Crippen molar-refractivity contribution in [3.63, 3.8) is 0 Å². The first-order chi connectivity index (χ1) is 20.1. The summed E-state index contributed by atoms with van der Waals surface area (Å²) in [5, 5.41) is 2.75. The average molecular weight is 598 g/mol. The van der Waals surface area contributed by atoms with E-state index < -0.39 is 43.9 Å². The van der Waals surface area contributed by atoms with Crippen LogP contribution in [0.25, 0.3) is 4.85 Å². The number of carbonyl (C=O) groups excluding carboxylic acids is 1. The van der Waals surface area contributed by atoms with Gasteiger partial charge >= 0.3 is 5.69 Å². The number of nitrogens with zero attached hydrogens (tertiary/aromatic N) is 4. The van der Waals surface area contributed by atoms with Crippen molar-refractivity contribution in [2.24, 2.45) is 0 Å². The highest BCUT2D eigenvalue weighted by atomic mass is 31.2. The molecule has 1 N–H and O–H groups in total. The lowest BCUT2D eigenvalue weighted by Crippen LogP contribution is -2.50. The number of anilines is 1.